The second-order valence-electron chi connectivity index (χ2n) is 8.10. The fourth-order valence-corrected chi connectivity index (χ4v) is 3.42. The van der Waals surface area contributed by atoms with Crippen molar-refractivity contribution in [1.29, 1.82) is 0 Å². The van der Waals surface area contributed by atoms with Crippen molar-refractivity contribution in [2.45, 2.75) is 18.9 Å². The van der Waals surface area contributed by atoms with Crippen molar-refractivity contribution >= 4 is 41.1 Å². The van der Waals surface area contributed by atoms with Crippen molar-refractivity contribution in [3.05, 3.63) is 101 Å². The molecule has 4 N–H and O–H groups in total. The average Bonchev–Trinajstić information content (AvgIpc) is 2.96. The van der Waals surface area contributed by atoms with Crippen LogP contribution in [0.15, 0.2) is 84.7 Å². The molecule has 3 aromatic rings. The monoisotopic (exact) mass is 550 g/mol. The van der Waals surface area contributed by atoms with Crippen LogP contribution in [-0.2, 0) is 25.5 Å². The normalized spacial score (nSPS) is 11.6. The van der Waals surface area contributed by atoms with Gasteiger partial charge in [0.05, 0.1) is 7.11 Å². The van der Waals surface area contributed by atoms with E-state index in [1.54, 1.807) is 30.3 Å². The summed E-state index contributed by atoms with van der Waals surface area (Å²) in [6, 6.07) is 19.7. The van der Waals surface area contributed by atoms with Gasteiger partial charge in [-0.05, 0) is 29.8 Å². The summed E-state index contributed by atoms with van der Waals surface area (Å²) >= 11 is 5.75. The lowest BCUT2D eigenvalue weighted by Gasteiger charge is -2.17. The number of nitrogens with zero attached hydrogens (tertiary/aromatic N) is 2. The number of hydrogen-bond donors (Lipinski definition) is 4. The molecule has 11 nitrogen and oxygen atoms in total. The molecule has 1 aromatic heterocycles. The minimum atomic E-state index is -0.883. The number of hydrogen-bond acceptors (Lipinski definition) is 8. The van der Waals surface area contributed by atoms with Crippen LogP contribution in [-0.4, -0.2) is 53.6 Å². The lowest BCUT2D eigenvalue weighted by molar-refractivity contribution is -0.145. The second-order valence-corrected chi connectivity index (χ2v) is 8.49. The van der Waals surface area contributed by atoms with E-state index in [1.807, 2.05) is 30.3 Å². The quantitative estimate of drug-likeness (QED) is 0.198. The summed E-state index contributed by atoms with van der Waals surface area (Å²) in [4.78, 5) is 50.2. The predicted octanol–water partition coefficient (Wildman–Crippen LogP) is 2.22. The van der Waals surface area contributed by atoms with Crippen molar-refractivity contribution in [1.82, 2.24) is 26.1 Å². The van der Waals surface area contributed by atoms with E-state index in [4.69, 9.17) is 16.3 Å². The highest BCUT2D eigenvalue weighted by atomic mass is 35.5. The second kappa shape index (κ2) is 14.8. The zero-order chi connectivity index (χ0) is 28.0. The van der Waals surface area contributed by atoms with Crippen LogP contribution in [0.4, 0.5) is 5.82 Å². The zero-order valence-corrected chi connectivity index (χ0v) is 21.8. The number of carbonyl (C=O) groups is 4. The van der Waals surface area contributed by atoms with Crippen molar-refractivity contribution < 1.29 is 23.9 Å². The molecule has 0 fully saturated rings. The van der Waals surface area contributed by atoms with E-state index in [1.165, 1.54) is 25.4 Å². The Bertz CT molecular complexity index is 1300. The highest BCUT2D eigenvalue weighted by molar-refractivity contribution is 6.29. The Balaban J connectivity index is 1.60. The Morgan fingerprint density at radius 2 is 1.64 bits per heavy atom. The van der Waals surface area contributed by atoms with Gasteiger partial charge in [-0.3, -0.25) is 14.4 Å². The summed E-state index contributed by atoms with van der Waals surface area (Å²) in [6.45, 7) is -0.0663. The van der Waals surface area contributed by atoms with Crippen molar-refractivity contribution in [2.75, 3.05) is 19.0 Å². The van der Waals surface area contributed by atoms with Gasteiger partial charge in [0.2, 0.25) is 5.91 Å². The minimum Gasteiger partial charge on any atom is -0.467 e. The maximum absolute atomic E-state index is 12.9. The molecule has 0 bridgehead atoms. The molecule has 12 heteroatoms. The van der Waals surface area contributed by atoms with E-state index in [0.717, 1.165) is 5.56 Å². The van der Waals surface area contributed by atoms with Gasteiger partial charge in [0, 0.05) is 31.1 Å². The molecule has 3 amide bonds. The Labute approximate surface area is 230 Å². The van der Waals surface area contributed by atoms with Gasteiger partial charge in [-0.25, -0.2) is 4.79 Å². The Hall–Kier alpha value is -4.77. The Kier molecular flexibility index (Phi) is 11.0. The number of esters is 1. The number of halogens is 1. The van der Waals surface area contributed by atoms with Gasteiger partial charge in [0.25, 0.3) is 11.8 Å². The van der Waals surface area contributed by atoms with Crippen molar-refractivity contribution in [3.63, 3.8) is 0 Å². The number of rotatable bonds is 12. The molecule has 0 radical (unpaired) electrons. The molecule has 0 aliphatic heterocycles. The molecular weight excluding hydrogens is 524 g/mol. The molecular formula is C27H27ClN6O5. The maximum atomic E-state index is 12.9. The van der Waals surface area contributed by atoms with Crippen LogP contribution in [0.1, 0.15) is 22.3 Å². The van der Waals surface area contributed by atoms with Crippen LogP contribution in [0.2, 0.25) is 5.15 Å². The maximum Gasteiger partial charge on any atom is 0.328 e. The van der Waals surface area contributed by atoms with Crippen LogP contribution in [0.25, 0.3) is 0 Å². The van der Waals surface area contributed by atoms with Crippen molar-refractivity contribution in [2.24, 2.45) is 0 Å². The molecule has 0 aliphatic carbocycles. The summed E-state index contributed by atoms with van der Waals surface area (Å²) in [5.41, 5.74) is 1.06. The number of ether oxygens (including phenoxy) is 1. The lowest BCUT2D eigenvalue weighted by atomic mass is 10.1. The van der Waals surface area contributed by atoms with Gasteiger partial charge in [0.1, 0.15) is 11.7 Å². The first-order chi connectivity index (χ1) is 18.9. The van der Waals surface area contributed by atoms with E-state index in [2.05, 4.69) is 31.5 Å². The fourth-order valence-electron chi connectivity index (χ4n) is 3.32. The number of nitrogens with one attached hydrogen (secondary N) is 4. The van der Waals surface area contributed by atoms with E-state index in [9.17, 15) is 19.2 Å². The predicted molar refractivity (Wildman–Crippen MR) is 144 cm³/mol. The number of methoxy groups -OCH3 is 1. The highest BCUT2D eigenvalue weighted by Gasteiger charge is 2.22. The summed E-state index contributed by atoms with van der Waals surface area (Å²) in [5.74, 6) is -1.93. The topological polar surface area (TPSA) is 151 Å². The van der Waals surface area contributed by atoms with Gasteiger partial charge in [-0.15, -0.1) is 10.2 Å². The molecule has 39 heavy (non-hydrogen) atoms. The van der Waals surface area contributed by atoms with E-state index in [-0.39, 0.29) is 36.1 Å². The summed E-state index contributed by atoms with van der Waals surface area (Å²) in [6.07, 6.45) is 1.38. The summed E-state index contributed by atoms with van der Waals surface area (Å²) < 4.78 is 4.81. The first-order valence-corrected chi connectivity index (χ1v) is 12.2. The van der Waals surface area contributed by atoms with Gasteiger partial charge >= 0.3 is 5.97 Å². The number of carbonyl (C=O) groups excluding carboxylic acids is 4. The third kappa shape index (κ3) is 9.56. The van der Waals surface area contributed by atoms with E-state index >= 15 is 0 Å². The Morgan fingerprint density at radius 1 is 0.949 bits per heavy atom. The van der Waals surface area contributed by atoms with Crippen LogP contribution in [0.5, 0.6) is 0 Å². The largest absolute Gasteiger partial charge is 0.467 e. The first kappa shape index (κ1) is 28.8. The molecule has 3 rings (SSSR count). The third-order valence-electron chi connectivity index (χ3n) is 5.27. The first-order valence-electron chi connectivity index (χ1n) is 11.9. The Morgan fingerprint density at radius 3 is 2.28 bits per heavy atom. The minimum absolute atomic E-state index is 0.0663. The summed E-state index contributed by atoms with van der Waals surface area (Å²) in [5, 5.41) is 18.3. The number of benzene rings is 2. The van der Waals surface area contributed by atoms with Gasteiger partial charge in [0.15, 0.2) is 11.0 Å². The van der Waals surface area contributed by atoms with Gasteiger partial charge in [-0.2, -0.15) is 0 Å². The van der Waals surface area contributed by atoms with Crippen LogP contribution < -0.4 is 21.3 Å². The number of aromatic nitrogens is 2. The average molecular weight is 551 g/mol. The number of anilines is 1. The number of amides is 3. The molecule has 1 heterocycles. The molecule has 0 spiro atoms. The zero-order valence-electron chi connectivity index (χ0n) is 21.0. The highest BCUT2D eigenvalue weighted by Crippen LogP contribution is 2.08. The molecule has 2 aromatic carbocycles. The fraction of sp³-hybridized carbons (Fsp3) is 0.185. The van der Waals surface area contributed by atoms with E-state index < -0.39 is 29.7 Å². The molecule has 0 unspecified atom stereocenters. The van der Waals surface area contributed by atoms with Crippen LogP contribution in [0, 0.1) is 0 Å². The summed E-state index contributed by atoms with van der Waals surface area (Å²) in [7, 11) is 1.24. The standard InChI is InChI=1S/C27H27ClN6O5/c1-39-27(38)20(16-18-8-4-2-5-9-18)31-24(35)14-15-29-26(37)21(17-30-23-13-12-22(28)33-34-23)32-25(36)19-10-6-3-7-11-19/h2-13,17,20H,14-16H2,1H3,(H,29,37)(H,30,34)(H,31,35)(H,32,36)/b21-17-/t20-/m0/s1. The van der Waals surface area contributed by atoms with E-state index in [0.29, 0.717) is 5.56 Å². The molecule has 0 saturated heterocycles. The SMILES string of the molecule is COC(=O)[C@H](Cc1ccccc1)NC(=O)CCNC(=O)/C(=C/Nc1ccc(Cl)nn1)NC(=O)c1ccccc1. The van der Waals surface area contributed by atoms with Gasteiger partial charge in [-0.1, -0.05) is 60.1 Å². The third-order valence-corrected chi connectivity index (χ3v) is 5.47. The lowest BCUT2D eigenvalue weighted by Crippen LogP contribution is -2.44. The molecule has 202 valence electrons. The molecule has 0 aliphatic rings. The van der Waals surface area contributed by atoms with Crippen LogP contribution in [0.3, 0.4) is 0 Å². The smallest absolute Gasteiger partial charge is 0.328 e. The molecule has 1 atom stereocenters. The molecule has 0 saturated carbocycles. The van der Waals surface area contributed by atoms with Crippen LogP contribution >= 0.6 is 11.6 Å². The van der Waals surface area contributed by atoms with Crippen molar-refractivity contribution in [3.8, 4) is 0 Å². The van der Waals surface area contributed by atoms with Gasteiger partial charge < -0.3 is 26.0 Å².